The second kappa shape index (κ2) is 14.4. The number of carbonyl (C=O) groups excluding carboxylic acids is 4. The molecule has 1 aromatic rings. The Labute approximate surface area is 206 Å². The van der Waals surface area contributed by atoms with Crippen LogP contribution in [0.4, 0.5) is 0 Å². The molecule has 0 aliphatic carbocycles. The quantitative estimate of drug-likeness (QED) is 0.117. The number of imidazole rings is 1. The van der Waals surface area contributed by atoms with Gasteiger partial charge in [0.05, 0.1) is 12.4 Å². The summed E-state index contributed by atoms with van der Waals surface area (Å²) in [6.07, 6.45) is 1.66. The molecular formula is C21H33N7O8. The summed E-state index contributed by atoms with van der Waals surface area (Å²) in [5.74, 6) is -6.14. The van der Waals surface area contributed by atoms with E-state index in [1.807, 2.05) is 0 Å². The molecule has 36 heavy (non-hydrogen) atoms. The lowest BCUT2D eigenvalue weighted by atomic mass is 10.0. The summed E-state index contributed by atoms with van der Waals surface area (Å²) in [4.78, 5) is 78.3. The van der Waals surface area contributed by atoms with Gasteiger partial charge in [-0.05, 0) is 18.8 Å². The summed E-state index contributed by atoms with van der Waals surface area (Å²) < 4.78 is 0. The molecule has 0 fully saturated rings. The Kier molecular flexibility index (Phi) is 12.0. The summed E-state index contributed by atoms with van der Waals surface area (Å²) in [6, 6.07) is -5.06. The van der Waals surface area contributed by atoms with E-state index in [9.17, 15) is 33.9 Å². The average Bonchev–Trinajstić information content (AvgIpc) is 3.30. The lowest BCUT2D eigenvalue weighted by molar-refractivity contribution is -0.142. The number of primary amides is 1. The molecular weight excluding hydrogens is 478 g/mol. The molecule has 0 saturated heterocycles. The number of nitrogens with zero attached hydrogens (tertiary/aromatic N) is 1. The molecule has 0 radical (unpaired) electrons. The largest absolute Gasteiger partial charge is 0.481 e. The number of aromatic amines is 1. The first-order chi connectivity index (χ1) is 16.8. The van der Waals surface area contributed by atoms with Crippen LogP contribution in [0.15, 0.2) is 12.5 Å². The molecule has 15 nitrogen and oxygen atoms in total. The van der Waals surface area contributed by atoms with Crippen molar-refractivity contribution in [1.29, 1.82) is 0 Å². The van der Waals surface area contributed by atoms with Crippen molar-refractivity contribution in [2.24, 2.45) is 17.4 Å². The molecule has 0 aromatic carbocycles. The number of rotatable bonds is 16. The summed E-state index contributed by atoms with van der Waals surface area (Å²) in [7, 11) is 0. The predicted octanol–water partition coefficient (Wildman–Crippen LogP) is -2.40. The van der Waals surface area contributed by atoms with Crippen LogP contribution in [0.5, 0.6) is 0 Å². The molecule has 1 aromatic heterocycles. The van der Waals surface area contributed by atoms with Crippen LogP contribution in [-0.2, 0) is 35.2 Å². The van der Waals surface area contributed by atoms with Crippen LogP contribution in [0, 0.1) is 5.92 Å². The van der Waals surface area contributed by atoms with Crippen LogP contribution in [0.3, 0.4) is 0 Å². The Morgan fingerprint density at radius 1 is 0.944 bits per heavy atom. The van der Waals surface area contributed by atoms with Crippen molar-refractivity contribution in [2.45, 2.75) is 70.1 Å². The van der Waals surface area contributed by atoms with Gasteiger partial charge >= 0.3 is 11.9 Å². The van der Waals surface area contributed by atoms with Gasteiger partial charge in [0.2, 0.25) is 23.6 Å². The van der Waals surface area contributed by atoms with Crippen molar-refractivity contribution in [3.63, 3.8) is 0 Å². The zero-order valence-corrected chi connectivity index (χ0v) is 20.0. The maximum atomic E-state index is 12.9. The number of amides is 4. The van der Waals surface area contributed by atoms with Crippen molar-refractivity contribution in [3.8, 4) is 0 Å². The van der Waals surface area contributed by atoms with Crippen LogP contribution in [0.1, 0.15) is 45.2 Å². The van der Waals surface area contributed by atoms with Crippen LogP contribution >= 0.6 is 0 Å². The Balaban J connectivity index is 2.94. The van der Waals surface area contributed by atoms with Gasteiger partial charge in [-0.25, -0.2) is 9.78 Å². The highest BCUT2D eigenvalue weighted by molar-refractivity contribution is 5.94. The first-order valence-electron chi connectivity index (χ1n) is 11.2. The molecule has 0 saturated carbocycles. The number of hydrogen-bond acceptors (Lipinski definition) is 8. The van der Waals surface area contributed by atoms with Crippen molar-refractivity contribution in [3.05, 3.63) is 18.2 Å². The Hall–Kier alpha value is -4.01. The van der Waals surface area contributed by atoms with E-state index in [0.717, 1.165) is 0 Å². The fourth-order valence-electron chi connectivity index (χ4n) is 3.11. The average molecular weight is 512 g/mol. The topological polar surface area (TPSA) is 260 Å². The number of hydrogen-bond donors (Lipinski definition) is 8. The third-order valence-electron chi connectivity index (χ3n) is 5.16. The maximum absolute atomic E-state index is 12.9. The minimum atomic E-state index is -1.36. The molecule has 15 heteroatoms. The number of carboxylic acids is 2. The molecule has 0 aliphatic heterocycles. The van der Waals surface area contributed by atoms with Gasteiger partial charge in [-0.15, -0.1) is 0 Å². The predicted molar refractivity (Wildman–Crippen MR) is 124 cm³/mol. The number of aromatic nitrogens is 2. The van der Waals surface area contributed by atoms with E-state index in [2.05, 4.69) is 25.9 Å². The minimum absolute atomic E-state index is 0.0830. The molecule has 0 aliphatic rings. The Morgan fingerprint density at radius 3 is 2.08 bits per heavy atom. The third-order valence-corrected chi connectivity index (χ3v) is 5.16. The molecule has 4 amide bonds. The first kappa shape index (κ1) is 30.0. The maximum Gasteiger partial charge on any atom is 0.326 e. The number of H-pyrrole nitrogens is 1. The lowest BCUT2D eigenvalue weighted by Crippen LogP contribution is -2.58. The van der Waals surface area contributed by atoms with E-state index in [1.54, 1.807) is 13.8 Å². The second-order valence-corrected chi connectivity index (χ2v) is 8.52. The summed E-state index contributed by atoms with van der Waals surface area (Å²) >= 11 is 0. The fourth-order valence-corrected chi connectivity index (χ4v) is 3.11. The van der Waals surface area contributed by atoms with Gasteiger partial charge in [-0.2, -0.15) is 0 Å². The zero-order valence-electron chi connectivity index (χ0n) is 20.0. The number of carboxylic acid groups (broad SMARTS) is 2. The lowest BCUT2D eigenvalue weighted by Gasteiger charge is -2.27. The van der Waals surface area contributed by atoms with Gasteiger partial charge in [0, 0.05) is 31.2 Å². The molecule has 4 atom stereocenters. The van der Waals surface area contributed by atoms with Crippen molar-refractivity contribution >= 4 is 35.6 Å². The van der Waals surface area contributed by atoms with Crippen LogP contribution in [0.2, 0.25) is 0 Å². The standard InChI is InChI=1S/C21H33N7O8/c1-10(2)17(20(34)27-14(21(35)36)7-11-8-24-9-25-11)28-19(33)13(4-6-16(30)31)26-18(32)12(22)3-5-15(23)29/h8-10,12-14,17H,3-7,22H2,1-2H3,(H2,23,29)(H,24,25)(H,26,32)(H,27,34)(H,28,33)(H,30,31)(H,35,36). The van der Waals surface area contributed by atoms with Crippen molar-refractivity contribution in [1.82, 2.24) is 25.9 Å². The molecule has 1 rings (SSSR count). The van der Waals surface area contributed by atoms with Gasteiger partial charge in [-0.1, -0.05) is 13.8 Å². The summed E-state index contributed by atoms with van der Waals surface area (Å²) in [5.41, 5.74) is 11.2. The van der Waals surface area contributed by atoms with E-state index in [1.165, 1.54) is 12.5 Å². The first-order valence-corrected chi connectivity index (χ1v) is 11.2. The normalized spacial score (nSPS) is 14.2. The second-order valence-electron chi connectivity index (χ2n) is 8.52. The van der Waals surface area contributed by atoms with Crippen LogP contribution < -0.4 is 27.4 Å². The van der Waals surface area contributed by atoms with Gasteiger partial charge in [-0.3, -0.25) is 24.0 Å². The molecule has 4 unspecified atom stereocenters. The van der Waals surface area contributed by atoms with Crippen molar-refractivity contribution < 1.29 is 39.0 Å². The van der Waals surface area contributed by atoms with Gasteiger partial charge in [0.1, 0.15) is 18.1 Å². The Morgan fingerprint density at radius 2 is 1.58 bits per heavy atom. The SMILES string of the molecule is CC(C)C(NC(=O)C(CCC(=O)O)NC(=O)C(N)CCC(N)=O)C(=O)NC(Cc1cnc[nH]1)C(=O)O. The smallest absolute Gasteiger partial charge is 0.326 e. The number of carbonyl (C=O) groups is 6. The number of nitrogens with one attached hydrogen (secondary N) is 4. The van der Waals surface area contributed by atoms with E-state index in [0.29, 0.717) is 5.69 Å². The zero-order chi connectivity index (χ0) is 27.4. The Bertz CT molecular complexity index is 935. The van der Waals surface area contributed by atoms with E-state index in [4.69, 9.17) is 16.6 Å². The van der Waals surface area contributed by atoms with Gasteiger partial charge in [0.25, 0.3) is 0 Å². The molecule has 200 valence electrons. The van der Waals surface area contributed by atoms with E-state index >= 15 is 0 Å². The van der Waals surface area contributed by atoms with Gasteiger partial charge < -0.3 is 42.6 Å². The number of aliphatic carboxylic acids is 2. The third kappa shape index (κ3) is 10.5. The molecule has 0 spiro atoms. The van der Waals surface area contributed by atoms with Crippen molar-refractivity contribution in [2.75, 3.05) is 0 Å². The molecule has 1 heterocycles. The highest BCUT2D eigenvalue weighted by Crippen LogP contribution is 2.08. The molecule has 10 N–H and O–H groups in total. The van der Waals surface area contributed by atoms with E-state index < -0.39 is 72.1 Å². The van der Waals surface area contributed by atoms with Gasteiger partial charge in [0.15, 0.2) is 0 Å². The van der Waals surface area contributed by atoms with Crippen LogP contribution in [0.25, 0.3) is 0 Å². The summed E-state index contributed by atoms with van der Waals surface area (Å²) in [6.45, 7) is 3.22. The monoisotopic (exact) mass is 511 g/mol. The highest BCUT2D eigenvalue weighted by Gasteiger charge is 2.32. The molecule has 0 bridgehead atoms. The number of nitrogens with two attached hydrogens (primary N) is 2. The van der Waals surface area contributed by atoms with E-state index in [-0.39, 0.29) is 25.7 Å². The summed E-state index contributed by atoms with van der Waals surface area (Å²) in [5, 5.41) is 25.6. The fraction of sp³-hybridized carbons (Fsp3) is 0.571. The highest BCUT2D eigenvalue weighted by atomic mass is 16.4. The van der Waals surface area contributed by atoms with Crippen LogP contribution in [-0.4, -0.2) is 79.9 Å². The minimum Gasteiger partial charge on any atom is -0.481 e.